The molecular formula is C13H26N2O. The van der Waals surface area contributed by atoms with E-state index in [1.165, 1.54) is 19.3 Å². The number of unbranched alkanes of at least 4 members (excludes halogenated alkanes) is 2. The normalized spacial score (nSPS) is 27.5. The Kier molecular flexibility index (Phi) is 5.64. The molecule has 0 unspecified atom stereocenters. The van der Waals surface area contributed by atoms with Crippen LogP contribution in [0.25, 0.3) is 0 Å². The van der Waals surface area contributed by atoms with E-state index in [2.05, 4.69) is 37.6 Å². The van der Waals surface area contributed by atoms with Crippen LogP contribution in [0.1, 0.15) is 53.4 Å². The second-order valence-corrected chi connectivity index (χ2v) is 4.63. The Bertz CT molecular complexity index is 228. The van der Waals surface area contributed by atoms with E-state index >= 15 is 0 Å². The Morgan fingerprint density at radius 1 is 1.19 bits per heavy atom. The third-order valence-electron chi connectivity index (χ3n) is 3.22. The topological polar surface area (TPSA) is 24.8 Å². The van der Waals surface area contributed by atoms with Gasteiger partial charge >= 0.3 is 0 Å². The van der Waals surface area contributed by atoms with Crippen molar-refractivity contribution in [1.82, 2.24) is 4.90 Å². The van der Waals surface area contributed by atoms with Crippen molar-refractivity contribution in [3.05, 3.63) is 0 Å². The maximum absolute atomic E-state index is 5.81. The van der Waals surface area contributed by atoms with E-state index in [9.17, 15) is 0 Å². The highest BCUT2D eigenvalue weighted by Crippen LogP contribution is 2.19. The van der Waals surface area contributed by atoms with Crippen molar-refractivity contribution in [2.45, 2.75) is 65.5 Å². The maximum atomic E-state index is 5.81. The average Bonchev–Trinajstić information content (AvgIpc) is 2.53. The highest BCUT2D eigenvalue weighted by atomic mass is 16.5. The molecule has 3 heteroatoms. The summed E-state index contributed by atoms with van der Waals surface area (Å²) in [6.45, 7) is 10.7. The van der Waals surface area contributed by atoms with Crippen molar-refractivity contribution < 1.29 is 4.74 Å². The highest BCUT2D eigenvalue weighted by molar-refractivity contribution is 5.76. The molecule has 1 rings (SSSR count). The number of amidine groups is 1. The van der Waals surface area contributed by atoms with Crippen LogP contribution >= 0.6 is 0 Å². The molecule has 0 saturated carbocycles. The van der Waals surface area contributed by atoms with Crippen LogP contribution in [0.3, 0.4) is 0 Å². The number of nitrogens with zero attached hydrogens (tertiary/aromatic N) is 2. The van der Waals surface area contributed by atoms with Crippen molar-refractivity contribution >= 4 is 6.02 Å². The largest absolute Gasteiger partial charge is 0.460 e. The maximum Gasteiger partial charge on any atom is 0.288 e. The molecular weight excluding hydrogens is 200 g/mol. The zero-order chi connectivity index (χ0) is 12.0. The summed E-state index contributed by atoms with van der Waals surface area (Å²) in [5, 5.41) is 0. The van der Waals surface area contributed by atoms with E-state index in [0.29, 0.717) is 6.04 Å². The van der Waals surface area contributed by atoms with Crippen LogP contribution in [-0.4, -0.2) is 36.2 Å². The molecule has 1 aliphatic rings. The van der Waals surface area contributed by atoms with E-state index in [1.807, 2.05) is 0 Å². The Balaban J connectivity index is 2.55. The molecule has 1 fully saturated rings. The summed E-state index contributed by atoms with van der Waals surface area (Å²) >= 11 is 0. The van der Waals surface area contributed by atoms with Gasteiger partial charge in [0.25, 0.3) is 6.02 Å². The third kappa shape index (κ3) is 3.39. The van der Waals surface area contributed by atoms with Crippen LogP contribution in [0.15, 0.2) is 4.99 Å². The van der Waals surface area contributed by atoms with Gasteiger partial charge in [0.2, 0.25) is 0 Å². The van der Waals surface area contributed by atoms with Gasteiger partial charge in [0.15, 0.2) is 0 Å². The molecule has 0 aromatic heterocycles. The lowest BCUT2D eigenvalue weighted by atomic mass is 10.2. The Morgan fingerprint density at radius 3 is 2.50 bits per heavy atom. The van der Waals surface area contributed by atoms with E-state index in [4.69, 9.17) is 4.74 Å². The smallest absolute Gasteiger partial charge is 0.288 e. The summed E-state index contributed by atoms with van der Waals surface area (Å²) in [6, 6.07) is 1.34. The summed E-state index contributed by atoms with van der Waals surface area (Å²) in [5.74, 6) is 0. The van der Waals surface area contributed by atoms with Crippen LogP contribution in [0.2, 0.25) is 0 Å². The van der Waals surface area contributed by atoms with Crippen molar-refractivity contribution in [2.75, 3.05) is 13.1 Å². The molecule has 1 heterocycles. The number of aliphatic imine (C=N–C) groups is 1. The summed E-state index contributed by atoms with van der Waals surface area (Å²) in [7, 11) is 0. The molecule has 0 spiro atoms. The van der Waals surface area contributed by atoms with Crippen LogP contribution < -0.4 is 0 Å². The molecule has 0 aromatic carbocycles. The van der Waals surface area contributed by atoms with E-state index < -0.39 is 0 Å². The first-order valence-electron chi connectivity index (χ1n) is 6.68. The molecule has 94 valence electrons. The van der Waals surface area contributed by atoms with Crippen LogP contribution in [0.4, 0.5) is 0 Å². The molecule has 0 aromatic rings. The number of hydrogen-bond donors (Lipinski definition) is 0. The average molecular weight is 226 g/mol. The van der Waals surface area contributed by atoms with Crippen LogP contribution in [0.5, 0.6) is 0 Å². The first-order chi connectivity index (χ1) is 7.70. The molecule has 1 aliphatic heterocycles. The monoisotopic (exact) mass is 226 g/mol. The molecule has 0 bridgehead atoms. The van der Waals surface area contributed by atoms with Gasteiger partial charge in [0.1, 0.15) is 6.10 Å². The lowest BCUT2D eigenvalue weighted by Crippen LogP contribution is -2.34. The van der Waals surface area contributed by atoms with Crippen molar-refractivity contribution in [3.63, 3.8) is 0 Å². The van der Waals surface area contributed by atoms with Crippen molar-refractivity contribution in [2.24, 2.45) is 4.99 Å². The van der Waals surface area contributed by atoms with Gasteiger partial charge < -0.3 is 9.64 Å². The summed E-state index contributed by atoms with van der Waals surface area (Å²) in [5.41, 5.74) is 0. The molecule has 1 saturated heterocycles. The lowest BCUT2D eigenvalue weighted by molar-refractivity contribution is 0.215. The first kappa shape index (κ1) is 13.3. The lowest BCUT2D eigenvalue weighted by Gasteiger charge is -2.21. The van der Waals surface area contributed by atoms with Gasteiger partial charge in [-0.2, -0.15) is 0 Å². The molecule has 0 aliphatic carbocycles. The predicted molar refractivity (Wildman–Crippen MR) is 68.8 cm³/mol. The first-order valence-corrected chi connectivity index (χ1v) is 6.68. The third-order valence-corrected chi connectivity index (χ3v) is 3.22. The highest BCUT2D eigenvalue weighted by Gasteiger charge is 2.33. The van der Waals surface area contributed by atoms with Gasteiger partial charge in [-0.3, -0.25) is 0 Å². The Labute approximate surface area is 99.9 Å². The van der Waals surface area contributed by atoms with E-state index in [1.54, 1.807) is 0 Å². The molecule has 2 atom stereocenters. The van der Waals surface area contributed by atoms with Gasteiger partial charge in [-0.05, 0) is 26.7 Å². The van der Waals surface area contributed by atoms with Crippen LogP contribution in [-0.2, 0) is 4.74 Å². The SMILES string of the molecule is CCCCN=C1O[C@@H](C)[C@H](C)N1CCCC. The van der Waals surface area contributed by atoms with Gasteiger partial charge in [0.05, 0.1) is 6.04 Å². The minimum atomic E-state index is 0.275. The Morgan fingerprint density at radius 2 is 1.88 bits per heavy atom. The second kappa shape index (κ2) is 6.77. The second-order valence-electron chi connectivity index (χ2n) is 4.63. The molecule has 3 nitrogen and oxygen atoms in total. The van der Waals surface area contributed by atoms with E-state index in [-0.39, 0.29) is 6.10 Å². The molecule has 0 radical (unpaired) electrons. The predicted octanol–water partition coefficient (Wildman–Crippen LogP) is 3.05. The standard InChI is InChI=1S/C13H26N2O/c1-5-7-9-14-13-15(10-8-6-2)11(3)12(4)16-13/h11-12H,5-10H2,1-4H3/t11-,12-/m0/s1. The Hall–Kier alpha value is -0.730. The van der Waals surface area contributed by atoms with Gasteiger partial charge in [-0.15, -0.1) is 0 Å². The zero-order valence-electron chi connectivity index (χ0n) is 11.2. The molecule has 16 heavy (non-hydrogen) atoms. The summed E-state index contributed by atoms with van der Waals surface area (Å²) in [4.78, 5) is 6.89. The van der Waals surface area contributed by atoms with Gasteiger partial charge in [0, 0.05) is 13.1 Å². The minimum Gasteiger partial charge on any atom is -0.460 e. The molecule has 0 N–H and O–H groups in total. The molecule has 0 amide bonds. The fourth-order valence-electron chi connectivity index (χ4n) is 1.85. The fourth-order valence-corrected chi connectivity index (χ4v) is 1.85. The van der Waals surface area contributed by atoms with E-state index in [0.717, 1.165) is 25.5 Å². The summed E-state index contributed by atoms with van der Waals surface area (Å²) < 4.78 is 5.81. The van der Waals surface area contributed by atoms with Crippen molar-refractivity contribution in [1.29, 1.82) is 0 Å². The van der Waals surface area contributed by atoms with Crippen LogP contribution in [0, 0.1) is 0 Å². The number of hydrogen-bond acceptors (Lipinski definition) is 2. The zero-order valence-corrected chi connectivity index (χ0v) is 11.2. The fraction of sp³-hybridized carbons (Fsp3) is 0.923. The van der Waals surface area contributed by atoms with Crippen molar-refractivity contribution in [3.8, 4) is 0 Å². The number of rotatable bonds is 6. The summed E-state index contributed by atoms with van der Waals surface area (Å²) in [6.07, 6.45) is 5.05. The van der Waals surface area contributed by atoms with Gasteiger partial charge in [-0.1, -0.05) is 26.7 Å². The van der Waals surface area contributed by atoms with Gasteiger partial charge in [-0.25, -0.2) is 4.99 Å². The minimum absolute atomic E-state index is 0.275. The quantitative estimate of drug-likeness (QED) is 0.650. The number of ether oxygens (including phenoxy) is 1.